The normalized spacial score (nSPS) is 20.1. The molecule has 1 aromatic carbocycles. The van der Waals surface area contributed by atoms with Crippen LogP contribution in [0.25, 0.3) is 0 Å². The van der Waals surface area contributed by atoms with E-state index in [2.05, 4.69) is 19.6 Å². The molecule has 4 N–H and O–H groups in total. The maximum absolute atomic E-state index is 9.64. The molecule has 2 aromatic heterocycles. The zero-order valence-corrected chi connectivity index (χ0v) is 29.8. The van der Waals surface area contributed by atoms with E-state index in [1.165, 1.54) is 0 Å². The second-order valence-electron chi connectivity index (χ2n) is 14.6. The molecule has 52 heavy (non-hydrogen) atoms. The minimum Gasteiger partial charge on any atom is -0.424 e. The summed E-state index contributed by atoms with van der Waals surface area (Å²) in [6.45, 7) is 6.72. The van der Waals surface area contributed by atoms with Crippen LogP contribution < -0.4 is 29.1 Å². The Morgan fingerprint density at radius 2 is 0.635 bits per heavy atom. The lowest BCUT2D eigenvalue weighted by Crippen LogP contribution is -2.38. The van der Waals surface area contributed by atoms with Gasteiger partial charge in [-0.1, -0.05) is 0 Å². The van der Waals surface area contributed by atoms with Crippen LogP contribution in [0.3, 0.4) is 0 Å². The maximum atomic E-state index is 9.64. The van der Waals surface area contributed by atoms with Crippen molar-refractivity contribution in [3.8, 4) is 23.5 Å². The number of benzene rings is 1. The van der Waals surface area contributed by atoms with Crippen molar-refractivity contribution in [1.82, 2.24) is 29.9 Å². The van der Waals surface area contributed by atoms with Gasteiger partial charge < -0.3 is 49.5 Å². The van der Waals surface area contributed by atoms with Crippen LogP contribution in [0.2, 0.25) is 0 Å². The first kappa shape index (κ1) is 36.2. The van der Waals surface area contributed by atoms with Gasteiger partial charge in [0.1, 0.15) is 11.5 Å². The molecule has 4 aliphatic rings. The molecular formula is C36H52N10O6. The van der Waals surface area contributed by atoms with Gasteiger partial charge in [0.05, 0.1) is 0 Å². The third kappa shape index (κ3) is 8.90. The maximum Gasteiger partial charge on any atom is 0.328 e. The zero-order chi connectivity index (χ0) is 35.9. The van der Waals surface area contributed by atoms with Crippen molar-refractivity contribution in [2.75, 3.05) is 98.4 Å². The Morgan fingerprint density at radius 3 is 0.846 bits per heavy atom. The summed E-state index contributed by atoms with van der Waals surface area (Å²) in [7, 11) is 0. The Kier molecular flexibility index (Phi) is 11.9. The van der Waals surface area contributed by atoms with E-state index in [4.69, 9.17) is 39.4 Å². The molecule has 4 fully saturated rings. The van der Waals surface area contributed by atoms with Gasteiger partial charge in [0.15, 0.2) is 0 Å². The molecule has 16 heteroatoms. The number of hydrogen-bond acceptors (Lipinski definition) is 16. The number of aliphatic hydroxyl groups excluding tert-OH is 4. The molecule has 7 rings (SSSR count). The fraction of sp³-hybridized carbons (Fsp3) is 0.667. The van der Waals surface area contributed by atoms with Gasteiger partial charge in [-0.2, -0.15) is 29.9 Å². The molecular weight excluding hydrogens is 668 g/mol. The number of aliphatic hydroxyl groups is 4. The number of anilines is 4. The summed E-state index contributed by atoms with van der Waals surface area (Å²) < 4.78 is 12.4. The number of ether oxygens (including phenoxy) is 2. The molecule has 0 spiro atoms. The van der Waals surface area contributed by atoms with Gasteiger partial charge in [0.2, 0.25) is 23.8 Å². The van der Waals surface area contributed by atoms with Gasteiger partial charge in [-0.05, 0) is 99.3 Å². The fourth-order valence-electron chi connectivity index (χ4n) is 7.38. The highest BCUT2D eigenvalue weighted by Crippen LogP contribution is 2.31. The van der Waals surface area contributed by atoms with E-state index < -0.39 is 0 Å². The smallest absolute Gasteiger partial charge is 0.328 e. The van der Waals surface area contributed by atoms with Crippen molar-refractivity contribution in [3.63, 3.8) is 0 Å². The van der Waals surface area contributed by atoms with E-state index in [0.29, 0.717) is 35.3 Å². The van der Waals surface area contributed by atoms with E-state index in [1.807, 2.05) is 0 Å². The van der Waals surface area contributed by atoms with E-state index >= 15 is 0 Å². The van der Waals surface area contributed by atoms with Crippen molar-refractivity contribution in [2.45, 2.75) is 51.4 Å². The van der Waals surface area contributed by atoms with Gasteiger partial charge in [-0.15, -0.1) is 0 Å². The largest absolute Gasteiger partial charge is 0.424 e. The second kappa shape index (κ2) is 17.1. The van der Waals surface area contributed by atoms with Gasteiger partial charge in [0.25, 0.3) is 0 Å². The minimum absolute atomic E-state index is 0.189. The third-order valence-electron chi connectivity index (χ3n) is 11.0. The molecule has 282 valence electrons. The Bertz CT molecular complexity index is 1370. The number of nitrogens with zero attached hydrogens (tertiary/aromatic N) is 10. The first-order chi connectivity index (χ1) is 25.5. The first-order valence-electron chi connectivity index (χ1n) is 18.9. The van der Waals surface area contributed by atoms with Gasteiger partial charge >= 0.3 is 12.0 Å². The molecule has 0 bridgehead atoms. The molecule has 0 amide bonds. The van der Waals surface area contributed by atoms with Crippen LogP contribution in [-0.4, -0.2) is 129 Å². The highest BCUT2D eigenvalue weighted by Gasteiger charge is 2.28. The van der Waals surface area contributed by atoms with Crippen molar-refractivity contribution in [2.24, 2.45) is 23.7 Å². The molecule has 4 aliphatic heterocycles. The first-order valence-corrected chi connectivity index (χ1v) is 18.9. The Hall–Kier alpha value is -4.12. The number of rotatable bonds is 12. The molecule has 0 radical (unpaired) electrons. The number of hydrogen-bond donors (Lipinski definition) is 4. The molecule has 0 saturated carbocycles. The SMILES string of the molecule is OCC1CCN(c2nc(Oc3ccc(Oc4nc(N5CCC(CO)CC5)nc(N5CCC(CO)CC5)n4)cc3)nc(N3CCC(CO)CC3)n2)CC1. The predicted molar refractivity (Wildman–Crippen MR) is 194 cm³/mol. The molecule has 16 nitrogen and oxygen atoms in total. The summed E-state index contributed by atoms with van der Waals surface area (Å²) in [6, 6.07) is 7.56. The number of aromatic nitrogens is 6. The van der Waals surface area contributed by atoms with Gasteiger partial charge in [0, 0.05) is 78.8 Å². The number of piperidine rings is 4. The Balaban J connectivity index is 1.08. The molecule has 3 aromatic rings. The van der Waals surface area contributed by atoms with Crippen molar-refractivity contribution in [3.05, 3.63) is 24.3 Å². The summed E-state index contributed by atoms with van der Waals surface area (Å²) >= 11 is 0. The molecule has 0 aliphatic carbocycles. The van der Waals surface area contributed by atoms with E-state index in [1.54, 1.807) is 24.3 Å². The predicted octanol–water partition coefficient (Wildman–Crippen LogP) is 2.48. The summed E-state index contributed by atoms with van der Waals surface area (Å²) in [5.74, 6) is 4.45. The van der Waals surface area contributed by atoms with Crippen molar-refractivity contribution in [1.29, 1.82) is 0 Å². The molecule has 4 saturated heterocycles. The summed E-state index contributed by atoms with van der Waals surface area (Å²) in [4.78, 5) is 37.0. The lowest BCUT2D eigenvalue weighted by Gasteiger charge is -2.33. The molecule has 0 atom stereocenters. The topological polar surface area (TPSA) is 190 Å². The minimum atomic E-state index is 0.189. The van der Waals surface area contributed by atoms with Crippen LogP contribution in [-0.2, 0) is 0 Å². The van der Waals surface area contributed by atoms with Crippen LogP contribution in [0.5, 0.6) is 23.5 Å². The summed E-state index contributed by atoms with van der Waals surface area (Å²) in [5, 5.41) is 38.6. The van der Waals surface area contributed by atoms with Crippen LogP contribution in [0.15, 0.2) is 24.3 Å². The zero-order valence-electron chi connectivity index (χ0n) is 29.8. The van der Waals surface area contributed by atoms with Crippen LogP contribution in [0.1, 0.15) is 51.4 Å². The summed E-state index contributed by atoms with van der Waals surface area (Å²) in [6.07, 6.45) is 6.93. The Morgan fingerprint density at radius 1 is 0.404 bits per heavy atom. The van der Waals surface area contributed by atoms with Gasteiger partial charge in [-0.3, -0.25) is 0 Å². The third-order valence-corrected chi connectivity index (χ3v) is 11.0. The van der Waals surface area contributed by atoms with E-state index in [9.17, 15) is 20.4 Å². The lowest BCUT2D eigenvalue weighted by atomic mass is 9.98. The second-order valence-corrected chi connectivity index (χ2v) is 14.6. The van der Waals surface area contributed by atoms with Crippen LogP contribution in [0.4, 0.5) is 23.8 Å². The Labute approximate surface area is 304 Å². The average molecular weight is 721 g/mol. The van der Waals surface area contributed by atoms with Crippen LogP contribution >= 0.6 is 0 Å². The molecule has 0 unspecified atom stereocenters. The molecule has 6 heterocycles. The standard InChI is InChI=1S/C36H52N10O6/c47-21-25-5-13-43(14-6-25)31-37-32(44-15-7-26(22-48)8-16-44)40-35(39-31)51-29-1-2-30(4-3-29)52-36-41-33(45-17-9-27(23-49)10-18-45)38-34(42-36)46-19-11-28(24-50)12-20-46/h1-4,25-28,47-50H,5-24H2. The lowest BCUT2D eigenvalue weighted by molar-refractivity contribution is 0.201. The van der Waals surface area contributed by atoms with Gasteiger partial charge in [-0.25, -0.2) is 0 Å². The monoisotopic (exact) mass is 720 g/mol. The van der Waals surface area contributed by atoms with Crippen molar-refractivity contribution < 1.29 is 29.9 Å². The fourth-order valence-corrected chi connectivity index (χ4v) is 7.38. The van der Waals surface area contributed by atoms with E-state index in [0.717, 1.165) is 104 Å². The summed E-state index contributed by atoms with van der Waals surface area (Å²) in [5.41, 5.74) is 0. The average Bonchev–Trinajstić information content (AvgIpc) is 3.21. The van der Waals surface area contributed by atoms with Crippen LogP contribution in [0, 0.1) is 23.7 Å². The van der Waals surface area contributed by atoms with E-state index in [-0.39, 0.29) is 62.1 Å². The highest BCUT2D eigenvalue weighted by atomic mass is 16.5. The van der Waals surface area contributed by atoms with Crippen molar-refractivity contribution >= 4 is 23.8 Å². The highest BCUT2D eigenvalue weighted by molar-refractivity contribution is 5.44. The quantitative estimate of drug-likeness (QED) is 0.213.